The number of ketones is 1. The van der Waals surface area contributed by atoms with E-state index in [-0.39, 0.29) is 18.1 Å². The minimum absolute atomic E-state index is 0.128. The zero-order valence-corrected chi connectivity index (χ0v) is 10.6. The monoisotopic (exact) mass is 253 g/mol. The van der Waals surface area contributed by atoms with Crippen LogP contribution >= 0.6 is 0 Å². The number of Topliss-reactive ketones (excluding diaryl/α,β-unsaturated/α-hetero) is 1. The fourth-order valence-corrected chi connectivity index (χ4v) is 1.66. The molecule has 1 aromatic heterocycles. The predicted molar refractivity (Wildman–Crippen MR) is 63.5 cm³/mol. The van der Waals surface area contributed by atoms with E-state index in [1.807, 2.05) is 0 Å². The number of hydrogen-bond donors (Lipinski definition) is 0. The number of esters is 1. The van der Waals surface area contributed by atoms with E-state index in [0.29, 0.717) is 0 Å². The third-order valence-corrected chi connectivity index (χ3v) is 2.53. The van der Waals surface area contributed by atoms with E-state index < -0.39 is 23.5 Å². The van der Waals surface area contributed by atoms with Gasteiger partial charge in [-0.05, 0) is 18.9 Å². The van der Waals surface area contributed by atoms with Crippen LogP contribution in [0.3, 0.4) is 0 Å². The fraction of sp³-hybridized carbons (Fsp3) is 0.462. The number of rotatable bonds is 5. The molecule has 98 valence electrons. The van der Waals surface area contributed by atoms with Crippen molar-refractivity contribution in [3.05, 3.63) is 29.8 Å². The Hall–Kier alpha value is -1.78. The smallest absolute Gasteiger partial charge is 0.317 e. The minimum Gasteiger partial charge on any atom is -0.465 e. The van der Waals surface area contributed by atoms with Gasteiger partial charge in [0.05, 0.1) is 18.4 Å². The topological polar surface area (TPSA) is 56.3 Å². The van der Waals surface area contributed by atoms with Crippen LogP contribution in [0.1, 0.15) is 31.1 Å². The lowest BCUT2D eigenvalue weighted by atomic mass is 9.88. The maximum atomic E-state index is 13.5. The van der Waals surface area contributed by atoms with Crippen LogP contribution in [-0.4, -0.2) is 23.3 Å². The molecule has 4 nitrogen and oxygen atoms in total. The molecule has 1 heterocycles. The molecule has 1 rings (SSSR count). The van der Waals surface area contributed by atoms with Gasteiger partial charge in [0.25, 0.3) is 0 Å². The van der Waals surface area contributed by atoms with Gasteiger partial charge in [-0.1, -0.05) is 13.8 Å². The van der Waals surface area contributed by atoms with Gasteiger partial charge in [-0.3, -0.25) is 14.6 Å². The molecule has 0 radical (unpaired) electrons. The highest BCUT2D eigenvalue weighted by Gasteiger charge is 2.33. The molecular weight excluding hydrogens is 237 g/mol. The Labute approximate surface area is 105 Å². The molecule has 18 heavy (non-hydrogen) atoms. The molecule has 0 aliphatic carbocycles. The second kappa shape index (κ2) is 6.23. The van der Waals surface area contributed by atoms with Gasteiger partial charge in [0, 0.05) is 6.20 Å². The standard InChI is InChI=1S/C13H16FNO3/c1-4-18-13(17)11(8(2)3)12(16)9-5-6-15-7-10(9)14/h5-8,11H,4H2,1-3H3. The largest absolute Gasteiger partial charge is 0.465 e. The van der Waals surface area contributed by atoms with Crippen molar-refractivity contribution in [1.82, 2.24) is 4.98 Å². The zero-order chi connectivity index (χ0) is 13.7. The van der Waals surface area contributed by atoms with Gasteiger partial charge in [0.2, 0.25) is 0 Å². The molecule has 0 N–H and O–H groups in total. The van der Waals surface area contributed by atoms with E-state index in [1.165, 1.54) is 12.3 Å². The summed E-state index contributed by atoms with van der Waals surface area (Å²) in [6.45, 7) is 5.29. The summed E-state index contributed by atoms with van der Waals surface area (Å²) in [5.41, 5.74) is -0.128. The van der Waals surface area contributed by atoms with Crippen LogP contribution in [0, 0.1) is 17.7 Å². The molecule has 0 fully saturated rings. The predicted octanol–water partition coefficient (Wildman–Crippen LogP) is 2.24. The molecule has 0 spiro atoms. The van der Waals surface area contributed by atoms with Gasteiger partial charge in [-0.25, -0.2) is 4.39 Å². The van der Waals surface area contributed by atoms with E-state index in [9.17, 15) is 14.0 Å². The molecular formula is C13H16FNO3. The highest BCUT2D eigenvalue weighted by atomic mass is 19.1. The number of carbonyl (C=O) groups excluding carboxylic acids is 2. The van der Waals surface area contributed by atoms with Crippen molar-refractivity contribution < 1.29 is 18.7 Å². The van der Waals surface area contributed by atoms with Crippen molar-refractivity contribution in [1.29, 1.82) is 0 Å². The minimum atomic E-state index is -0.984. The van der Waals surface area contributed by atoms with Crippen molar-refractivity contribution in [2.45, 2.75) is 20.8 Å². The molecule has 0 aliphatic rings. The Morgan fingerprint density at radius 3 is 2.61 bits per heavy atom. The summed E-state index contributed by atoms with van der Waals surface area (Å²) in [4.78, 5) is 27.5. The second-order valence-corrected chi connectivity index (χ2v) is 4.19. The van der Waals surface area contributed by atoms with Crippen LogP contribution in [0.4, 0.5) is 4.39 Å². The molecule has 5 heteroatoms. The summed E-state index contributed by atoms with van der Waals surface area (Å²) in [6, 6.07) is 1.27. The summed E-state index contributed by atoms with van der Waals surface area (Å²) < 4.78 is 18.3. The molecule has 0 bridgehead atoms. The highest BCUT2D eigenvalue weighted by Crippen LogP contribution is 2.20. The fourth-order valence-electron chi connectivity index (χ4n) is 1.66. The normalized spacial score (nSPS) is 12.3. The van der Waals surface area contributed by atoms with E-state index in [1.54, 1.807) is 20.8 Å². The molecule has 1 aromatic rings. The summed E-state index contributed by atoms with van der Waals surface area (Å²) in [5.74, 6) is -3.15. The first-order valence-corrected chi connectivity index (χ1v) is 5.79. The maximum Gasteiger partial charge on any atom is 0.317 e. The van der Waals surface area contributed by atoms with Gasteiger partial charge in [0.1, 0.15) is 5.92 Å². The first-order chi connectivity index (χ1) is 8.49. The molecule has 1 atom stereocenters. The number of pyridine rings is 1. The van der Waals surface area contributed by atoms with Crippen molar-refractivity contribution in [3.63, 3.8) is 0 Å². The van der Waals surface area contributed by atoms with Gasteiger partial charge < -0.3 is 4.74 Å². The average Bonchev–Trinajstić information content (AvgIpc) is 2.29. The third-order valence-electron chi connectivity index (χ3n) is 2.53. The summed E-state index contributed by atoms with van der Waals surface area (Å²) >= 11 is 0. The Balaban J connectivity index is 3.04. The van der Waals surface area contributed by atoms with Crippen LogP contribution in [0.5, 0.6) is 0 Å². The van der Waals surface area contributed by atoms with Crippen molar-refractivity contribution >= 4 is 11.8 Å². The summed E-state index contributed by atoms with van der Waals surface area (Å²) in [6.07, 6.45) is 2.27. The molecule has 1 unspecified atom stereocenters. The molecule has 0 saturated carbocycles. The number of ether oxygens (including phenoxy) is 1. The van der Waals surface area contributed by atoms with Gasteiger partial charge in [0.15, 0.2) is 11.6 Å². The molecule has 0 amide bonds. The lowest BCUT2D eigenvalue weighted by Crippen LogP contribution is -2.31. The lowest BCUT2D eigenvalue weighted by molar-refractivity contribution is -0.147. The quantitative estimate of drug-likeness (QED) is 0.459. The van der Waals surface area contributed by atoms with Crippen molar-refractivity contribution in [2.75, 3.05) is 6.61 Å². The van der Waals surface area contributed by atoms with Crippen molar-refractivity contribution in [3.8, 4) is 0 Å². The van der Waals surface area contributed by atoms with Gasteiger partial charge >= 0.3 is 5.97 Å². The number of nitrogens with zero attached hydrogens (tertiary/aromatic N) is 1. The zero-order valence-electron chi connectivity index (χ0n) is 10.6. The van der Waals surface area contributed by atoms with E-state index in [4.69, 9.17) is 4.74 Å². The van der Waals surface area contributed by atoms with Gasteiger partial charge in [-0.15, -0.1) is 0 Å². The number of hydrogen-bond acceptors (Lipinski definition) is 4. The molecule has 0 saturated heterocycles. The Morgan fingerprint density at radius 1 is 1.44 bits per heavy atom. The number of aromatic nitrogens is 1. The first kappa shape index (κ1) is 14.3. The molecule has 0 aromatic carbocycles. The van der Waals surface area contributed by atoms with Crippen molar-refractivity contribution in [2.24, 2.45) is 11.8 Å². The van der Waals surface area contributed by atoms with E-state index >= 15 is 0 Å². The Kier molecular flexibility index (Phi) is 4.95. The highest BCUT2D eigenvalue weighted by molar-refractivity contribution is 6.08. The van der Waals surface area contributed by atoms with Crippen LogP contribution in [0.2, 0.25) is 0 Å². The Morgan fingerprint density at radius 2 is 2.11 bits per heavy atom. The van der Waals surface area contributed by atoms with E-state index in [0.717, 1.165) is 6.20 Å². The van der Waals surface area contributed by atoms with E-state index in [2.05, 4.69) is 4.98 Å². The third kappa shape index (κ3) is 3.12. The summed E-state index contributed by atoms with van der Waals surface area (Å²) in [5, 5.41) is 0. The SMILES string of the molecule is CCOC(=O)C(C(=O)c1ccncc1F)C(C)C. The maximum absolute atomic E-state index is 13.5. The van der Waals surface area contributed by atoms with Crippen LogP contribution in [0.25, 0.3) is 0 Å². The van der Waals surface area contributed by atoms with Gasteiger partial charge in [-0.2, -0.15) is 0 Å². The summed E-state index contributed by atoms with van der Waals surface area (Å²) in [7, 11) is 0. The van der Waals surface area contributed by atoms with Crippen LogP contribution in [0.15, 0.2) is 18.5 Å². The molecule has 0 aliphatic heterocycles. The second-order valence-electron chi connectivity index (χ2n) is 4.19. The number of halogens is 1. The average molecular weight is 253 g/mol. The first-order valence-electron chi connectivity index (χ1n) is 5.79. The Bertz CT molecular complexity index is 446. The lowest BCUT2D eigenvalue weighted by Gasteiger charge is -2.17. The van der Waals surface area contributed by atoms with Crippen LogP contribution in [-0.2, 0) is 9.53 Å². The van der Waals surface area contributed by atoms with Crippen LogP contribution < -0.4 is 0 Å². The number of carbonyl (C=O) groups is 2.